The molecule has 1 aromatic heterocycles. The molecule has 112 valence electrons. The van der Waals surface area contributed by atoms with Crippen LogP contribution in [0.4, 0.5) is 0 Å². The number of ether oxygens (including phenoxy) is 1. The number of likely N-dealkylation sites (N-methyl/N-ethyl adjacent to an activating group) is 1. The lowest BCUT2D eigenvalue weighted by atomic mass is 10.2. The van der Waals surface area contributed by atoms with Crippen LogP contribution in [0.5, 0.6) is 0 Å². The molecule has 1 aromatic rings. The molecule has 6 nitrogen and oxygen atoms in total. The van der Waals surface area contributed by atoms with Gasteiger partial charge in [-0.3, -0.25) is 4.79 Å². The predicted octanol–water partition coefficient (Wildman–Crippen LogP) is 0.965. The number of rotatable bonds is 4. The Labute approximate surface area is 122 Å². The van der Waals surface area contributed by atoms with E-state index < -0.39 is 10.0 Å². The summed E-state index contributed by atoms with van der Waals surface area (Å²) in [5.41, 5.74) is 0. The molecule has 8 heteroatoms. The van der Waals surface area contributed by atoms with Gasteiger partial charge in [0.15, 0.2) is 0 Å². The molecular weight excluding hydrogens is 300 g/mol. The first-order chi connectivity index (χ1) is 9.32. The fourth-order valence-electron chi connectivity index (χ4n) is 1.97. The Morgan fingerprint density at radius 3 is 2.95 bits per heavy atom. The maximum Gasteiger partial charge on any atom is 0.246 e. The van der Waals surface area contributed by atoms with E-state index in [-0.39, 0.29) is 36.1 Å². The van der Waals surface area contributed by atoms with Crippen LogP contribution in [0.15, 0.2) is 16.3 Å². The monoisotopic (exact) mass is 318 g/mol. The molecule has 0 spiro atoms. The minimum Gasteiger partial charge on any atom is -0.369 e. The lowest BCUT2D eigenvalue weighted by Gasteiger charge is -2.30. The third-order valence-electron chi connectivity index (χ3n) is 2.98. The van der Waals surface area contributed by atoms with Crippen molar-refractivity contribution in [3.63, 3.8) is 0 Å². The van der Waals surface area contributed by atoms with E-state index in [9.17, 15) is 13.2 Å². The van der Waals surface area contributed by atoms with Gasteiger partial charge in [-0.2, -0.15) is 4.31 Å². The van der Waals surface area contributed by atoms with Crippen molar-refractivity contribution in [3.05, 3.63) is 16.3 Å². The summed E-state index contributed by atoms with van der Waals surface area (Å²) in [4.78, 5) is 12.8. The van der Waals surface area contributed by atoms with Gasteiger partial charge in [-0.05, 0) is 25.3 Å². The number of nitrogens with zero attached hydrogens (tertiary/aromatic N) is 1. The van der Waals surface area contributed by atoms with Gasteiger partial charge in [0.2, 0.25) is 15.9 Å². The van der Waals surface area contributed by atoms with Gasteiger partial charge in [-0.15, -0.1) is 11.3 Å². The van der Waals surface area contributed by atoms with Crippen LogP contribution in [-0.4, -0.2) is 44.9 Å². The van der Waals surface area contributed by atoms with Crippen molar-refractivity contribution in [3.8, 4) is 0 Å². The third kappa shape index (κ3) is 3.03. The highest BCUT2D eigenvalue weighted by Gasteiger charge is 2.36. The molecule has 0 unspecified atom stereocenters. The van der Waals surface area contributed by atoms with Crippen LogP contribution in [0.1, 0.15) is 24.8 Å². The first-order valence-electron chi connectivity index (χ1n) is 6.27. The second kappa shape index (κ2) is 5.80. The fourth-order valence-corrected chi connectivity index (χ4v) is 4.67. The molecule has 1 aliphatic heterocycles. The van der Waals surface area contributed by atoms with Gasteiger partial charge < -0.3 is 10.1 Å². The quantitative estimate of drug-likeness (QED) is 0.897. The van der Waals surface area contributed by atoms with Gasteiger partial charge in [0.05, 0.1) is 17.0 Å². The molecule has 0 saturated carbocycles. The molecule has 0 aromatic carbocycles. The van der Waals surface area contributed by atoms with E-state index in [1.54, 1.807) is 11.4 Å². The van der Waals surface area contributed by atoms with Crippen molar-refractivity contribution < 1.29 is 17.9 Å². The molecule has 2 rings (SSSR count). The van der Waals surface area contributed by atoms with Gasteiger partial charge in [0.25, 0.3) is 0 Å². The van der Waals surface area contributed by atoms with Crippen molar-refractivity contribution in [1.29, 1.82) is 0 Å². The van der Waals surface area contributed by atoms with E-state index in [0.29, 0.717) is 4.88 Å². The average molecular weight is 318 g/mol. The van der Waals surface area contributed by atoms with Crippen LogP contribution in [0.25, 0.3) is 0 Å². The van der Waals surface area contributed by atoms with E-state index in [0.717, 1.165) is 0 Å². The van der Waals surface area contributed by atoms with E-state index in [2.05, 4.69) is 5.32 Å². The second-order valence-electron chi connectivity index (χ2n) is 4.91. The van der Waals surface area contributed by atoms with Gasteiger partial charge in [0, 0.05) is 18.5 Å². The number of hydrogen-bond donors (Lipinski definition) is 1. The molecular formula is C12H18N2O4S2. The minimum atomic E-state index is -3.41. The summed E-state index contributed by atoms with van der Waals surface area (Å²) in [6.45, 7) is 3.92. The Morgan fingerprint density at radius 2 is 2.30 bits per heavy atom. The summed E-state index contributed by atoms with van der Waals surface area (Å²) in [6.07, 6.45) is -0.0209. The van der Waals surface area contributed by atoms with Gasteiger partial charge in [-0.1, -0.05) is 0 Å². The molecule has 1 aliphatic rings. The molecule has 0 aliphatic carbocycles. The largest absolute Gasteiger partial charge is 0.369 e. The molecule has 0 bridgehead atoms. The van der Waals surface area contributed by atoms with Crippen LogP contribution >= 0.6 is 11.3 Å². The Kier molecular flexibility index (Phi) is 4.48. The van der Waals surface area contributed by atoms with Gasteiger partial charge in [-0.25, -0.2) is 8.42 Å². The second-order valence-corrected chi connectivity index (χ2v) is 7.88. The summed E-state index contributed by atoms with van der Waals surface area (Å²) < 4.78 is 30.7. The van der Waals surface area contributed by atoms with Crippen molar-refractivity contribution >= 4 is 27.3 Å². The molecule has 2 heterocycles. The third-order valence-corrected chi connectivity index (χ3v) is 6.03. The normalized spacial score (nSPS) is 21.7. The van der Waals surface area contributed by atoms with E-state index in [1.165, 1.54) is 22.7 Å². The number of nitrogens with one attached hydrogen (secondary N) is 1. The SMILES string of the molecule is CC(C)OCC(=O)N[C@@H]1CN(C)S(=O)(=O)c2ccsc21. The minimum absolute atomic E-state index is 0.0209. The first kappa shape index (κ1) is 15.4. The highest BCUT2D eigenvalue weighted by atomic mass is 32.2. The lowest BCUT2D eigenvalue weighted by Crippen LogP contribution is -2.43. The van der Waals surface area contributed by atoms with Crippen LogP contribution in [-0.2, 0) is 19.6 Å². The van der Waals surface area contributed by atoms with Gasteiger partial charge >= 0.3 is 0 Å². The van der Waals surface area contributed by atoms with Crippen molar-refractivity contribution in [1.82, 2.24) is 9.62 Å². The molecule has 20 heavy (non-hydrogen) atoms. The van der Waals surface area contributed by atoms with Gasteiger partial charge in [0.1, 0.15) is 6.61 Å². The summed E-state index contributed by atoms with van der Waals surface area (Å²) in [5, 5.41) is 4.55. The lowest BCUT2D eigenvalue weighted by molar-refractivity contribution is -0.127. The highest BCUT2D eigenvalue weighted by Crippen LogP contribution is 2.35. The fraction of sp³-hybridized carbons (Fsp3) is 0.583. The zero-order valence-corrected chi connectivity index (χ0v) is 13.3. The smallest absolute Gasteiger partial charge is 0.246 e. The zero-order valence-electron chi connectivity index (χ0n) is 11.6. The maximum atomic E-state index is 12.1. The average Bonchev–Trinajstić information content (AvgIpc) is 2.84. The standard InChI is InChI=1S/C12H18N2O4S2/c1-8(2)18-7-11(15)13-9-6-14(3)20(16,17)10-4-5-19-12(9)10/h4-5,8-9H,6-7H2,1-3H3,(H,13,15)/t9-/m1/s1. The number of amides is 1. The number of thiophene rings is 1. The molecule has 1 amide bonds. The van der Waals surface area contributed by atoms with Crippen molar-refractivity contribution in [2.75, 3.05) is 20.2 Å². The summed E-state index contributed by atoms with van der Waals surface area (Å²) in [6, 6.07) is 1.26. The Morgan fingerprint density at radius 1 is 1.60 bits per heavy atom. The van der Waals surface area contributed by atoms with Crippen molar-refractivity contribution in [2.24, 2.45) is 0 Å². The van der Waals surface area contributed by atoms with E-state index in [4.69, 9.17) is 4.74 Å². The summed E-state index contributed by atoms with van der Waals surface area (Å²) >= 11 is 1.34. The predicted molar refractivity (Wildman–Crippen MR) is 76.1 cm³/mol. The van der Waals surface area contributed by atoms with Crippen LogP contribution in [0.2, 0.25) is 0 Å². The highest BCUT2D eigenvalue weighted by molar-refractivity contribution is 7.89. The van der Waals surface area contributed by atoms with Crippen LogP contribution < -0.4 is 5.32 Å². The van der Waals surface area contributed by atoms with Crippen molar-refractivity contribution in [2.45, 2.75) is 30.9 Å². The summed E-state index contributed by atoms with van der Waals surface area (Å²) in [5.74, 6) is -0.240. The zero-order chi connectivity index (χ0) is 14.9. The Balaban J connectivity index is 2.13. The number of hydrogen-bond acceptors (Lipinski definition) is 5. The first-order valence-corrected chi connectivity index (χ1v) is 8.59. The van der Waals surface area contributed by atoms with Crippen LogP contribution in [0.3, 0.4) is 0 Å². The molecule has 0 radical (unpaired) electrons. The van der Waals surface area contributed by atoms with E-state index >= 15 is 0 Å². The Hall–Kier alpha value is -0.960. The molecule has 0 saturated heterocycles. The molecule has 0 fully saturated rings. The Bertz CT molecular complexity index is 594. The molecule has 1 N–H and O–H groups in total. The molecule has 1 atom stereocenters. The van der Waals surface area contributed by atoms with E-state index in [1.807, 2.05) is 13.8 Å². The van der Waals surface area contributed by atoms with Crippen LogP contribution in [0, 0.1) is 0 Å². The number of carbonyl (C=O) groups excluding carboxylic acids is 1. The topological polar surface area (TPSA) is 75.7 Å². The number of sulfonamides is 1. The number of carbonyl (C=O) groups is 1. The summed E-state index contributed by atoms with van der Waals surface area (Å²) in [7, 11) is -1.90. The maximum absolute atomic E-state index is 12.1. The number of fused-ring (bicyclic) bond motifs is 1.